The lowest BCUT2D eigenvalue weighted by molar-refractivity contribution is 0.311. The lowest BCUT2D eigenvalue weighted by Gasteiger charge is -2.04. The van der Waals surface area contributed by atoms with Gasteiger partial charge in [-0.05, 0) is 30.7 Å². The summed E-state index contributed by atoms with van der Waals surface area (Å²) in [5.41, 5.74) is 6.41. The summed E-state index contributed by atoms with van der Waals surface area (Å²) < 4.78 is 18.2. The van der Waals surface area contributed by atoms with Crippen LogP contribution in [0.25, 0.3) is 0 Å². The summed E-state index contributed by atoms with van der Waals surface area (Å²) in [5, 5.41) is 0. The molecule has 16 heavy (non-hydrogen) atoms. The van der Waals surface area contributed by atoms with Crippen LogP contribution in [0, 0.1) is 5.82 Å². The van der Waals surface area contributed by atoms with Crippen molar-refractivity contribution < 1.29 is 9.13 Å². The Labute approximate surface area is 94.1 Å². The molecular weight excluding hydrogens is 207 g/mol. The van der Waals surface area contributed by atoms with Gasteiger partial charge in [-0.25, -0.2) is 9.38 Å². The minimum absolute atomic E-state index is 0.00775. The van der Waals surface area contributed by atoms with Gasteiger partial charge in [0.25, 0.3) is 0 Å². The predicted molar refractivity (Wildman–Crippen MR) is 60.8 cm³/mol. The zero-order valence-corrected chi connectivity index (χ0v) is 9.03. The van der Waals surface area contributed by atoms with Crippen LogP contribution < -0.4 is 5.73 Å². The van der Waals surface area contributed by atoms with Crippen molar-refractivity contribution in [2.45, 2.75) is 18.9 Å². The minimum Gasteiger partial charge on any atom is -0.478 e. The number of halogens is 1. The lowest BCUT2D eigenvalue weighted by Crippen LogP contribution is -2.04. The van der Waals surface area contributed by atoms with E-state index >= 15 is 0 Å². The summed E-state index contributed by atoms with van der Waals surface area (Å²) >= 11 is 0. The Balaban J connectivity index is 2.01. The molecule has 0 saturated heterocycles. The maximum Gasteiger partial charge on any atom is 0.184 e. The van der Waals surface area contributed by atoms with E-state index in [-0.39, 0.29) is 11.9 Å². The van der Waals surface area contributed by atoms with Crippen LogP contribution in [0.15, 0.2) is 29.3 Å². The van der Waals surface area contributed by atoms with Crippen LogP contribution in [0.5, 0.6) is 0 Å². The van der Waals surface area contributed by atoms with Gasteiger partial charge >= 0.3 is 0 Å². The summed E-state index contributed by atoms with van der Waals surface area (Å²) in [6.45, 7) is 1.19. The van der Waals surface area contributed by atoms with Gasteiger partial charge < -0.3 is 10.5 Å². The smallest absolute Gasteiger partial charge is 0.184 e. The van der Waals surface area contributed by atoms with Crippen LogP contribution in [-0.4, -0.2) is 19.0 Å². The van der Waals surface area contributed by atoms with E-state index in [1.54, 1.807) is 12.1 Å². The third-order valence-corrected chi connectivity index (χ3v) is 2.56. The first-order valence-corrected chi connectivity index (χ1v) is 5.44. The summed E-state index contributed by atoms with van der Waals surface area (Å²) in [6, 6.07) is 6.40. The molecule has 1 aliphatic heterocycles. The molecule has 1 aromatic rings. The number of nitrogens with zero attached hydrogens (tertiary/aromatic N) is 1. The summed E-state index contributed by atoms with van der Waals surface area (Å²) in [5.74, 6) is 0.537. The molecule has 2 rings (SSSR count). The number of nitrogens with two attached hydrogens (primary N) is 1. The average Bonchev–Trinajstić information content (AvgIpc) is 2.76. The molecule has 0 amide bonds. The molecule has 0 bridgehead atoms. The molecule has 1 aliphatic rings. The molecule has 4 heteroatoms. The normalized spacial score (nSPS) is 19.4. The van der Waals surface area contributed by atoms with Gasteiger partial charge in [-0.1, -0.05) is 12.1 Å². The second-order valence-corrected chi connectivity index (χ2v) is 3.79. The van der Waals surface area contributed by atoms with Crippen LogP contribution in [0.2, 0.25) is 0 Å². The monoisotopic (exact) mass is 222 g/mol. The first-order chi connectivity index (χ1) is 7.79. The van der Waals surface area contributed by atoms with Crippen molar-refractivity contribution in [3.63, 3.8) is 0 Å². The Morgan fingerprint density at radius 1 is 1.38 bits per heavy atom. The van der Waals surface area contributed by atoms with Crippen LogP contribution >= 0.6 is 0 Å². The van der Waals surface area contributed by atoms with E-state index < -0.39 is 0 Å². The van der Waals surface area contributed by atoms with Crippen molar-refractivity contribution in [2.24, 2.45) is 10.7 Å². The minimum atomic E-state index is -0.227. The molecule has 0 radical (unpaired) electrons. The number of benzene rings is 1. The van der Waals surface area contributed by atoms with E-state index in [0.29, 0.717) is 13.2 Å². The number of hydrogen-bond acceptors (Lipinski definition) is 3. The van der Waals surface area contributed by atoms with E-state index in [4.69, 9.17) is 10.5 Å². The predicted octanol–water partition coefficient (Wildman–Crippen LogP) is 2.03. The largest absolute Gasteiger partial charge is 0.478 e. The molecule has 0 saturated carbocycles. The van der Waals surface area contributed by atoms with Crippen LogP contribution in [0.1, 0.15) is 24.4 Å². The quantitative estimate of drug-likeness (QED) is 0.847. The number of hydrogen-bond donors (Lipinski definition) is 1. The van der Waals surface area contributed by atoms with Crippen LogP contribution in [0.4, 0.5) is 4.39 Å². The molecule has 0 fully saturated rings. The van der Waals surface area contributed by atoms with E-state index in [1.807, 2.05) is 0 Å². The van der Waals surface area contributed by atoms with Gasteiger partial charge in [0.15, 0.2) is 5.90 Å². The highest BCUT2D eigenvalue weighted by Gasteiger charge is 2.19. The van der Waals surface area contributed by atoms with E-state index in [9.17, 15) is 4.39 Å². The maximum atomic E-state index is 12.7. The van der Waals surface area contributed by atoms with Gasteiger partial charge in [0.05, 0.1) is 0 Å². The highest BCUT2D eigenvalue weighted by atomic mass is 19.1. The number of aliphatic imine (C=N–C) groups is 1. The first kappa shape index (κ1) is 11.1. The van der Waals surface area contributed by atoms with Crippen molar-refractivity contribution in [3.05, 3.63) is 35.6 Å². The highest BCUT2D eigenvalue weighted by molar-refractivity contribution is 5.77. The molecule has 1 unspecified atom stereocenters. The molecule has 2 N–H and O–H groups in total. The summed E-state index contributed by atoms with van der Waals surface area (Å²) in [4.78, 5) is 4.44. The third kappa shape index (κ3) is 2.58. The summed E-state index contributed by atoms with van der Waals surface area (Å²) in [7, 11) is 0. The van der Waals surface area contributed by atoms with Crippen LogP contribution in [-0.2, 0) is 4.74 Å². The Kier molecular flexibility index (Phi) is 3.51. The molecular formula is C12H15FN2O. The molecule has 0 aromatic heterocycles. The third-order valence-electron chi connectivity index (χ3n) is 2.56. The van der Waals surface area contributed by atoms with E-state index in [1.165, 1.54) is 12.1 Å². The van der Waals surface area contributed by atoms with Gasteiger partial charge in [0.1, 0.15) is 18.5 Å². The van der Waals surface area contributed by atoms with Crippen LogP contribution in [0.3, 0.4) is 0 Å². The molecule has 0 spiro atoms. The Hall–Kier alpha value is -1.42. The molecule has 86 valence electrons. The van der Waals surface area contributed by atoms with Gasteiger partial charge in [0, 0.05) is 6.42 Å². The fourth-order valence-electron chi connectivity index (χ4n) is 1.67. The average molecular weight is 222 g/mol. The Morgan fingerprint density at radius 3 is 2.81 bits per heavy atom. The second-order valence-electron chi connectivity index (χ2n) is 3.79. The molecule has 1 atom stereocenters. The van der Waals surface area contributed by atoms with Gasteiger partial charge in [-0.2, -0.15) is 0 Å². The van der Waals surface area contributed by atoms with E-state index in [2.05, 4.69) is 4.99 Å². The number of rotatable bonds is 4. The number of ether oxygens (including phenoxy) is 1. The van der Waals surface area contributed by atoms with Crippen molar-refractivity contribution >= 4 is 5.90 Å². The fourth-order valence-corrected chi connectivity index (χ4v) is 1.67. The van der Waals surface area contributed by atoms with Crippen molar-refractivity contribution in [2.75, 3.05) is 13.2 Å². The highest BCUT2D eigenvalue weighted by Crippen LogP contribution is 2.24. The Morgan fingerprint density at radius 2 is 2.12 bits per heavy atom. The molecule has 0 aliphatic carbocycles. The second kappa shape index (κ2) is 5.07. The van der Waals surface area contributed by atoms with Gasteiger partial charge in [0.2, 0.25) is 0 Å². The molecule has 1 heterocycles. The lowest BCUT2D eigenvalue weighted by atomic mass is 10.1. The van der Waals surface area contributed by atoms with Crippen molar-refractivity contribution in [1.82, 2.24) is 0 Å². The zero-order valence-electron chi connectivity index (χ0n) is 9.03. The summed E-state index contributed by atoms with van der Waals surface area (Å²) in [6.07, 6.45) is 1.67. The maximum absolute atomic E-state index is 12.7. The zero-order chi connectivity index (χ0) is 11.4. The molecule has 1 aromatic carbocycles. The molecule has 3 nitrogen and oxygen atoms in total. The first-order valence-electron chi connectivity index (χ1n) is 5.44. The van der Waals surface area contributed by atoms with Crippen molar-refractivity contribution in [3.8, 4) is 0 Å². The van der Waals surface area contributed by atoms with Crippen molar-refractivity contribution in [1.29, 1.82) is 0 Å². The fraction of sp³-hybridized carbons (Fsp3) is 0.417. The van der Waals surface area contributed by atoms with E-state index in [0.717, 1.165) is 24.3 Å². The van der Waals surface area contributed by atoms with Gasteiger partial charge in [-0.15, -0.1) is 0 Å². The van der Waals surface area contributed by atoms with Gasteiger partial charge in [-0.3, -0.25) is 0 Å². The SMILES string of the molecule is NCCCC1=NC(c2ccc(F)cc2)CO1. The standard InChI is InChI=1S/C12H15FN2O/c13-10-5-3-9(4-6-10)11-8-16-12(15-11)2-1-7-14/h3-6,11H,1-2,7-8,14H2. The topological polar surface area (TPSA) is 47.6 Å². The Bertz CT molecular complexity index is 375.